The SMILES string of the molecule is COc1cc2nccc(OC3=C(Cl)CC(NC(=O)C(=O)NCCc4ccccc4)C=N3)c2cc1OC. The van der Waals surface area contributed by atoms with Gasteiger partial charge in [-0.05, 0) is 24.1 Å². The van der Waals surface area contributed by atoms with Gasteiger partial charge in [-0.15, -0.1) is 0 Å². The number of carbonyl (C=O) groups is 2. The lowest BCUT2D eigenvalue weighted by atomic mass is 10.1. The molecule has 10 heteroatoms. The monoisotopic (exact) mass is 508 g/mol. The first-order valence-electron chi connectivity index (χ1n) is 11.2. The quantitative estimate of drug-likeness (QED) is 0.451. The summed E-state index contributed by atoms with van der Waals surface area (Å²) in [6.45, 7) is 0.351. The van der Waals surface area contributed by atoms with Crippen LogP contribution in [0.5, 0.6) is 17.2 Å². The number of methoxy groups -OCH3 is 2. The van der Waals surface area contributed by atoms with Crippen molar-refractivity contribution in [3.8, 4) is 17.2 Å². The zero-order chi connectivity index (χ0) is 25.5. The molecule has 9 nitrogen and oxygen atoms in total. The van der Waals surface area contributed by atoms with Crippen LogP contribution in [0.3, 0.4) is 0 Å². The first-order chi connectivity index (χ1) is 17.5. The number of hydrogen-bond acceptors (Lipinski definition) is 7. The maximum Gasteiger partial charge on any atom is 0.309 e. The van der Waals surface area contributed by atoms with E-state index >= 15 is 0 Å². The molecule has 2 aromatic carbocycles. The van der Waals surface area contributed by atoms with E-state index in [2.05, 4.69) is 20.6 Å². The predicted molar refractivity (Wildman–Crippen MR) is 137 cm³/mol. The van der Waals surface area contributed by atoms with Crippen LogP contribution in [0.1, 0.15) is 12.0 Å². The molecular formula is C26H25ClN4O5. The third-order valence-corrected chi connectivity index (χ3v) is 5.80. The van der Waals surface area contributed by atoms with Gasteiger partial charge in [0.2, 0.25) is 5.88 Å². The predicted octanol–water partition coefficient (Wildman–Crippen LogP) is 3.36. The number of benzene rings is 2. The minimum Gasteiger partial charge on any atom is -0.493 e. The topological polar surface area (TPSA) is 111 Å². The number of aliphatic imine (C=N–C) groups is 1. The molecule has 0 radical (unpaired) electrons. The fourth-order valence-electron chi connectivity index (χ4n) is 3.65. The van der Waals surface area contributed by atoms with Gasteiger partial charge in [0.15, 0.2) is 11.5 Å². The Morgan fingerprint density at radius 2 is 1.78 bits per heavy atom. The molecule has 1 atom stereocenters. The summed E-state index contributed by atoms with van der Waals surface area (Å²) in [7, 11) is 3.10. The van der Waals surface area contributed by atoms with Crippen molar-refractivity contribution in [3.05, 3.63) is 71.2 Å². The maximum atomic E-state index is 12.3. The molecule has 36 heavy (non-hydrogen) atoms. The van der Waals surface area contributed by atoms with E-state index in [0.29, 0.717) is 46.1 Å². The number of hydrogen-bond donors (Lipinski definition) is 2. The van der Waals surface area contributed by atoms with Gasteiger partial charge in [0, 0.05) is 36.8 Å². The van der Waals surface area contributed by atoms with Crippen molar-refractivity contribution in [2.45, 2.75) is 18.9 Å². The largest absolute Gasteiger partial charge is 0.493 e. The summed E-state index contributed by atoms with van der Waals surface area (Å²) in [5, 5.41) is 6.23. The molecule has 2 heterocycles. The molecule has 1 aliphatic rings. The lowest BCUT2D eigenvalue weighted by Gasteiger charge is -2.20. The lowest BCUT2D eigenvalue weighted by molar-refractivity contribution is -0.139. The van der Waals surface area contributed by atoms with Crippen molar-refractivity contribution >= 4 is 40.5 Å². The summed E-state index contributed by atoms with van der Waals surface area (Å²) >= 11 is 6.43. The number of ether oxygens (including phenoxy) is 3. The summed E-state index contributed by atoms with van der Waals surface area (Å²) in [4.78, 5) is 33.1. The van der Waals surface area contributed by atoms with Crippen molar-refractivity contribution in [2.75, 3.05) is 20.8 Å². The van der Waals surface area contributed by atoms with Crippen LogP contribution < -0.4 is 24.8 Å². The molecule has 1 aliphatic heterocycles. The van der Waals surface area contributed by atoms with Gasteiger partial charge in [-0.25, -0.2) is 4.99 Å². The fourth-order valence-corrected chi connectivity index (χ4v) is 3.90. The molecule has 1 unspecified atom stereocenters. The van der Waals surface area contributed by atoms with E-state index in [1.807, 2.05) is 30.3 Å². The molecule has 3 aromatic rings. The highest BCUT2D eigenvalue weighted by Gasteiger charge is 2.23. The molecule has 0 saturated carbocycles. The Morgan fingerprint density at radius 3 is 2.50 bits per heavy atom. The molecule has 0 spiro atoms. The third kappa shape index (κ3) is 5.92. The van der Waals surface area contributed by atoms with Gasteiger partial charge in [0.1, 0.15) is 5.75 Å². The summed E-state index contributed by atoms with van der Waals surface area (Å²) in [6.07, 6.45) is 3.94. The van der Waals surface area contributed by atoms with E-state index < -0.39 is 17.9 Å². The summed E-state index contributed by atoms with van der Waals surface area (Å²) in [5.74, 6) is 0.275. The highest BCUT2D eigenvalue weighted by Crippen LogP contribution is 2.36. The number of fused-ring (bicyclic) bond motifs is 1. The average Bonchev–Trinajstić information content (AvgIpc) is 2.90. The van der Waals surface area contributed by atoms with E-state index in [0.717, 1.165) is 5.56 Å². The van der Waals surface area contributed by atoms with Crippen LogP contribution in [0.4, 0.5) is 0 Å². The van der Waals surface area contributed by atoms with Crippen molar-refractivity contribution in [1.29, 1.82) is 0 Å². The van der Waals surface area contributed by atoms with Gasteiger partial charge in [0.25, 0.3) is 0 Å². The first kappa shape index (κ1) is 25.0. The van der Waals surface area contributed by atoms with E-state index in [1.54, 1.807) is 38.6 Å². The number of aromatic nitrogens is 1. The molecule has 4 rings (SSSR count). The average molecular weight is 509 g/mol. The standard InChI is InChI=1S/C26H25ClN4O5/c1-34-22-13-18-20(14-23(22)35-2)28-11-9-21(18)36-26-19(27)12-17(15-30-26)31-25(33)24(32)29-10-8-16-6-4-3-5-7-16/h3-7,9,11,13-15,17H,8,10,12H2,1-2H3,(H,29,32)(H,31,33). The van der Waals surface area contributed by atoms with E-state index in [4.69, 9.17) is 25.8 Å². The third-order valence-electron chi connectivity index (χ3n) is 5.48. The Kier molecular flexibility index (Phi) is 8.02. The number of carbonyl (C=O) groups excluding carboxylic acids is 2. The second kappa shape index (κ2) is 11.5. The number of halogens is 1. The van der Waals surface area contributed by atoms with Gasteiger partial charge in [-0.2, -0.15) is 0 Å². The van der Waals surface area contributed by atoms with Crippen LogP contribution in [0.15, 0.2) is 70.6 Å². The fraction of sp³-hybridized carbons (Fsp3) is 0.231. The van der Waals surface area contributed by atoms with Crippen LogP contribution in [-0.2, 0) is 16.0 Å². The minimum absolute atomic E-state index is 0.191. The number of nitrogens with one attached hydrogen (secondary N) is 2. The van der Waals surface area contributed by atoms with Crippen LogP contribution in [0.2, 0.25) is 0 Å². The Labute approximate surface area is 213 Å². The number of rotatable bonds is 8. The second-order valence-electron chi connectivity index (χ2n) is 7.90. The first-order valence-corrected chi connectivity index (χ1v) is 11.6. The Balaban J connectivity index is 1.36. The molecule has 0 aliphatic carbocycles. The smallest absolute Gasteiger partial charge is 0.309 e. The molecule has 0 bridgehead atoms. The normalized spacial score (nSPS) is 14.9. The Morgan fingerprint density at radius 1 is 1.03 bits per heavy atom. The molecular weight excluding hydrogens is 484 g/mol. The van der Waals surface area contributed by atoms with E-state index in [9.17, 15) is 9.59 Å². The number of nitrogens with zero attached hydrogens (tertiary/aromatic N) is 2. The van der Waals surface area contributed by atoms with Crippen molar-refractivity contribution in [2.24, 2.45) is 4.99 Å². The summed E-state index contributed by atoms with van der Waals surface area (Å²) in [6, 6.07) is 14.3. The molecule has 186 valence electrons. The van der Waals surface area contributed by atoms with Gasteiger partial charge in [-0.3, -0.25) is 14.6 Å². The minimum atomic E-state index is -0.755. The zero-order valence-corrected chi connectivity index (χ0v) is 20.5. The van der Waals surface area contributed by atoms with Crippen molar-refractivity contribution in [1.82, 2.24) is 15.6 Å². The van der Waals surface area contributed by atoms with Crippen LogP contribution in [0.25, 0.3) is 10.9 Å². The van der Waals surface area contributed by atoms with E-state index in [-0.39, 0.29) is 12.3 Å². The highest BCUT2D eigenvalue weighted by atomic mass is 35.5. The molecule has 0 fully saturated rings. The van der Waals surface area contributed by atoms with Gasteiger partial charge < -0.3 is 24.8 Å². The van der Waals surface area contributed by atoms with Gasteiger partial charge in [-0.1, -0.05) is 41.9 Å². The summed E-state index contributed by atoms with van der Waals surface area (Å²) < 4.78 is 16.7. The molecule has 1 aromatic heterocycles. The summed E-state index contributed by atoms with van der Waals surface area (Å²) in [5.41, 5.74) is 1.71. The number of amides is 2. The zero-order valence-electron chi connectivity index (χ0n) is 19.8. The van der Waals surface area contributed by atoms with Gasteiger partial charge >= 0.3 is 11.8 Å². The molecule has 2 N–H and O–H groups in total. The number of pyridine rings is 1. The highest BCUT2D eigenvalue weighted by molar-refractivity contribution is 6.35. The van der Waals surface area contributed by atoms with Crippen LogP contribution in [0, 0.1) is 0 Å². The maximum absolute atomic E-state index is 12.3. The van der Waals surface area contributed by atoms with Crippen molar-refractivity contribution < 1.29 is 23.8 Å². The van der Waals surface area contributed by atoms with E-state index in [1.165, 1.54) is 6.21 Å². The molecule has 2 amide bonds. The second-order valence-corrected chi connectivity index (χ2v) is 8.36. The Bertz CT molecular complexity index is 1330. The molecule has 0 saturated heterocycles. The lowest BCUT2D eigenvalue weighted by Crippen LogP contribution is -2.46. The van der Waals surface area contributed by atoms with Crippen LogP contribution in [-0.4, -0.2) is 49.8 Å². The van der Waals surface area contributed by atoms with Gasteiger partial charge in [0.05, 0.1) is 30.8 Å². The van der Waals surface area contributed by atoms with Crippen molar-refractivity contribution in [3.63, 3.8) is 0 Å². The van der Waals surface area contributed by atoms with Crippen LogP contribution >= 0.6 is 11.6 Å². The Hall–Kier alpha value is -4.11.